The van der Waals surface area contributed by atoms with Gasteiger partial charge in [-0.05, 0) is 6.92 Å². The van der Waals surface area contributed by atoms with Crippen molar-refractivity contribution in [2.75, 3.05) is 19.8 Å². The first kappa shape index (κ1) is 15.3. The fourth-order valence-corrected chi connectivity index (χ4v) is 0.250. The Labute approximate surface area is 79.8 Å². The lowest BCUT2D eigenvalue weighted by Gasteiger charge is -2.05. The Morgan fingerprint density at radius 2 is 1.15 bits per heavy atom. The van der Waals surface area contributed by atoms with Crippen LogP contribution in [0.1, 0.15) is 32.6 Å². The quantitative estimate of drug-likeness (QED) is 0.494. The summed E-state index contributed by atoms with van der Waals surface area (Å²) in [6.07, 6.45) is 5.44. The van der Waals surface area contributed by atoms with Gasteiger partial charge < -0.3 is 20.4 Å². The Balaban J connectivity index is 0. The van der Waals surface area contributed by atoms with Gasteiger partial charge in [0.25, 0.3) is 0 Å². The van der Waals surface area contributed by atoms with Crippen LogP contribution in [-0.2, 0) is 0 Å². The lowest BCUT2D eigenvalue weighted by atomic mass is 10.0. The average Bonchev–Trinajstić information content (AvgIpc) is 2.02. The van der Waals surface area contributed by atoms with Gasteiger partial charge in [0.2, 0.25) is 0 Å². The lowest BCUT2D eigenvalue weighted by Crippen LogP contribution is -2.03. The van der Waals surface area contributed by atoms with Gasteiger partial charge in [0.1, 0.15) is 0 Å². The van der Waals surface area contributed by atoms with E-state index in [1.807, 2.05) is 0 Å². The molecule has 1 unspecified atom stereocenters. The van der Waals surface area contributed by atoms with Gasteiger partial charge in [-0.2, -0.15) is 0 Å². The molecule has 0 radical (unpaired) electrons. The smallest absolute Gasteiger partial charge is 0.0742 e. The van der Waals surface area contributed by atoms with Gasteiger partial charge in [-0.15, -0.1) is 0 Å². The molecule has 0 amide bonds. The summed E-state index contributed by atoms with van der Waals surface area (Å²) < 4.78 is 0. The number of hydrogen-bond donors (Lipinski definition) is 4. The molecule has 1 saturated carbocycles. The topological polar surface area (TPSA) is 80.9 Å². The predicted molar refractivity (Wildman–Crippen MR) is 51.4 cm³/mol. The van der Waals surface area contributed by atoms with E-state index in [1.165, 1.54) is 32.6 Å². The first-order valence-corrected chi connectivity index (χ1v) is 4.69. The Bertz CT molecular complexity index is 66.0. The normalized spacial score (nSPS) is 15.5. The van der Waals surface area contributed by atoms with Crippen LogP contribution in [0.4, 0.5) is 0 Å². The first-order chi connectivity index (χ1) is 6.18. The van der Waals surface area contributed by atoms with E-state index in [0.29, 0.717) is 0 Å². The lowest BCUT2D eigenvalue weighted by molar-refractivity contribution is 0.110. The van der Waals surface area contributed by atoms with Crippen molar-refractivity contribution in [3.8, 4) is 0 Å². The average molecular weight is 194 g/mol. The van der Waals surface area contributed by atoms with E-state index in [9.17, 15) is 0 Å². The number of aliphatic hydroxyl groups is 4. The van der Waals surface area contributed by atoms with E-state index >= 15 is 0 Å². The van der Waals surface area contributed by atoms with Crippen LogP contribution in [0, 0.1) is 0 Å². The molecule has 0 heterocycles. The van der Waals surface area contributed by atoms with E-state index in [1.54, 1.807) is 0 Å². The van der Waals surface area contributed by atoms with Crippen LogP contribution in [0.15, 0.2) is 0 Å². The Morgan fingerprint density at radius 1 is 0.923 bits per heavy atom. The molecule has 0 spiro atoms. The van der Waals surface area contributed by atoms with Gasteiger partial charge in [-0.25, -0.2) is 0 Å². The minimum Gasteiger partial charge on any atom is -0.394 e. The minimum absolute atomic E-state index is 0.125. The molecule has 1 aliphatic carbocycles. The highest BCUT2D eigenvalue weighted by molar-refractivity contribution is 4.50. The zero-order chi connectivity index (χ0) is 10.5. The second-order valence-corrected chi connectivity index (χ2v) is 2.89. The van der Waals surface area contributed by atoms with Crippen molar-refractivity contribution in [3.63, 3.8) is 0 Å². The molecular weight excluding hydrogens is 172 g/mol. The van der Waals surface area contributed by atoms with Crippen molar-refractivity contribution in [1.82, 2.24) is 0 Å². The van der Waals surface area contributed by atoms with Crippen molar-refractivity contribution < 1.29 is 20.4 Å². The third kappa shape index (κ3) is 24.5. The first-order valence-electron chi connectivity index (χ1n) is 4.69. The van der Waals surface area contributed by atoms with Crippen LogP contribution in [-0.4, -0.2) is 46.4 Å². The van der Waals surface area contributed by atoms with Gasteiger partial charge in [0, 0.05) is 0 Å². The second-order valence-electron chi connectivity index (χ2n) is 2.89. The van der Waals surface area contributed by atoms with Gasteiger partial charge in [-0.1, -0.05) is 25.7 Å². The van der Waals surface area contributed by atoms with Crippen LogP contribution in [0.3, 0.4) is 0 Å². The summed E-state index contributed by atoms with van der Waals surface area (Å²) in [6, 6.07) is 0. The van der Waals surface area contributed by atoms with Crippen LogP contribution >= 0.6 is 0 Å². The monoisotopic (exact) mass is 194 g/mol. The molecule has 0 aliphatic heterocycles. The summed E-state index contributed by atoms with van der Waals surface area (Å²) in [6.45, 7) is 1.14. The van der Waals surface area contributed by atoms with Crippen molar-refractivity contribution in [2.24, 2.45) is 0 Å². The molecule has 1 rings (SSSR count). The minimum atomic E-state index is -0.560. The zero-order valence-corrected chi connectivity index (χ0v) is 8.32. The molecule has 0 saturated heterocycles. The van der Waals surface area contributed by atoms with Crippen LogP contribution < -0.4 is 0 Å². The summed E-state index contributed by atoms with van der Waals surface area (Å²) in [4.78, 5) is 0. The molecule has 1 fully saturated rings. The Hall–Kier alpha value is -0.160. The Kier molecular flexibility index (Phi) is 16.9. The molecule has 0 aromatic carbocycles. The van der Waals surface area contributed by atoms with E-state index in [0.717, 1.165) is 0 Å². The number of hydrogen-bond acceptors (Lipinski definition) is 4. The number of rotatable bonds is 2. The third-order valence-electron chi connectivity index (χ3n) is 1.36. The fourth-order valence-electron chi connectivity index (χ4n) is 0.250. The van der Waals surface area contributed by atoms with Crippen molar-refractivity contribution in [2.45, 2.75) is 38.7 Å². The summed E-state index contributed by atoms with van der Waals surface area (Å²) in [5.41, 5.74) is 0. The second kappa shape index (κ2) is 14.4. The summed E-state index contributed by atoms with van der Waals surface area (Å²) in [7, 11) is 0. The largest absolute Gasteiger partial charge is 0.394 e. The fraction of sp³-hybridized carbons (Fsp3) is 1.00. The standard InChI is InChI=1S/C4H8.C3H8O2.C2H6O2/c1-2-4-3-1;1-3(5)2-4;3-1-2-4/h1-4H2;3-5H,2H2,1H3;3-4H,1-2H2. The van der Waals surface area contributed by atoms with E-state index in [2.05, 4.69) is 0 Å². The van der Waals surface area contributed by atoms with E-state index in [4.69, 9.17) is 20.4 Å². The highest BCUT2D eigenvalue weighted by atomic mass is 16.3. The maximum atomic E-state index is 8.11. The highest BCUT2D eigenvalue weighted by Crippen LogP contribution is 2.15. The highest BCUT2D eigenvalue weighted by Gasteiger charge is 1.95. The third-order valence-corrected chi connectivity index (χ3v) is 1.36. The van der Waals surface area contributed by atoms with Crippen LogP contribution in [0.5, 0.6) is 0 Å². The predicted octanol–water partition coefficient (Wildman–Crippen LogP) is -0.109. The summed E-state index contributed by atoms with van der Waals surface area (Å²) in [5, 5.41) is 31.3. The molecule has 1 aliphatic rings. The summed E-state index contributed by atoms with van der Waals surface area (Å²) in [5.74, 6) is 0. The van der Waals surface area contributed by atoms with Gasteiger partial charge in [0.15, 0.2) is 0 Å². The van der Waals surface area contributed by atoms with Gasteiger partial charge >= 0.3 is 0 Å². The molecule has 1 atom stereocenters. The SMILES string of the molecule is C1CCC1.CC(O)CO.OCCO. The molecule has 4 N–H and O–H groups in total. The molecule has 0 aromatic heterocycles. The van der Waals surface area contributed by atoms with Gasteiger partial charge in [0.05, 0.1) is 25.9 Å². The maximum Gasteiger partial charge on any atom is 0.0742 e. The maximum absolute atomic E-state index is 8.11. The van der Waals surface area contributed by atoms with Crippen LogP contribution in [0.25, 0.3) is 0 Å². The van der Waals surface area contributed by atoms with Crippen molar-refractivity contribution >= 4 is 0 Å². The van der Waals surface area contributed by atoms with E-state index in [-0.39, 0.29) is 19.8 Å². The summed E-state index contributed by atoms with van der Waals surface area (Å²) >= 11 is 0. The van der Waals surface area contributed by atoms with E-state index < -0.39 is 6.10 Å². The van der Waals surface area contributed by atoms with Crippen molar-refractivity contribution in [3.05, 3.63) is 0 Å². The molecule has 0 aromatic rings. The van der Waals surface area contributed by atoms with Crippen LogP contribution in [0.2, 0.25) is 0 Å². The molecule has 82 valence electrons. The van der Waals surface area contributed by atoms with Crippen molar-refractivity contribution in [1.29, 1.82) is 0 Å². The Morgan fingerprint density at radius 3 is 1.15 bits per heavy atom. The molecular formula is C9H22O4. The molecule has 0 bridgehead atoms. The molecule has 4 heteroatoms. The zero-order valence-electron chi connectivity index (χ0n) is 8.32. The molecule has 4 nitrogen and oxygen atoms in total. The molecule has 13 heavy (non-hydrogen) atoms. The van der Waals surface area contributed by atoms with Gasteiger partial charge in [-0.3, -0.25) is 0 Å². The number of aliphatic hydroxyl groups excluding tert-OH is 4.